The fourth-order valence-electron chi connectivity index (χ4n) is 4.47. The highest BCUT2D eigenvalue weighted by molar-refractivity contribution is 5.84. The first kappa shape index (κ1) is 21.4. The summed E-state index contributed by atoms with van der Waals surface area (Å²) in [5.74, 6) is 0.171. The maximum absolute atomic E-state index is 12.9. The third-order valence-electron chi connectivity index (χ3n) is 6.41. The summed E-state index contributed by atoms with van der Waals surface area (Å²) in [6.45, 7) is 3.82. The highest BCUT2D eigenvalue weighted by Crippen LogP contribution is 2.23. The van der Waals surface area contributed by atoms with Crippen LogP contribution in [0.1, 0.15) is 40.5 Å². The van der Waals surface area contributed by atoms with Crippen molar-refractivity contribution < 1.29 is 9.53 Å². The molecule has 0 spiro atoms. The number of pyridine rings is 1. The van der Waals surface area contributed by atoms with Crippen LogP contribution in [-0.2, 0) is 22.4 Å². The van der Waals surface area contributed by atoms with Crippen molar-refractivity contribution in [2.45, 2.75) is 32.3 Å². The number of carbonyl (C=O) groups is 1. The van der Waals surface area contributed by atoms with Gasteiger partial charge < -0.3 is 14.6 Å². The van der Waals surface area contributed by atoms with Crippen LogP contribution in [0.25, 0.3) is 10.9 Å². The van der Waals surface area contributed by atoms with Crippen LogP contribution in [0.4, 0.5) is 0 Å². The average Bonchev–Trinajstić information content (AvgIpc) is 3.28. The zero-order valence-corrected chi connectivity index (χ0v) is 19.0. The molecule has 0 saturated carbocycles. The van der Waals surface area contributed by atoms with Crippen LogP contribution in [0.15, 0.2) is 73.1 Å². The van der Waals surface area contributed by atoms with Crippen molar-refractivity contribution in [1.82, 2.24) is 14.9 Å². The van der Waals surface area contributed by atoms with Gasteiger partial charge in [0.15, 0.2) is 0 Å². The molecule has 2 aromatic carbocycles. The first-order valence-electron chi connectivity index (χ1n) is 11.6. The number of H-pyrrole nitrogens is 1. The molecule has 5 rings (SSSR count). The van der Waals surface area contributed by atoms with Crippen molar-refractivity contribution in [1.29, 1.82) is 0 Å². The Morgan fingerprint density at radius 1 is 1.09 bits per heavy atom. The number of hydrogen-bond donors (Lipinski definition) is 1. The summed E-state index contributed by atoms with van der Waals surface area (Å²) in [6.07, 6.45) is 5.86. The Balaban J connectivity index is 1.18. The van der Waals surface area contributed by atoms with E-state index in [4.69, 9.17) is 4.74 Å². The number of nitrogens with one attached hydrogen (secondary N) is 1. The molecule has 0 unspecified atom stereocenters. The van der Waals surface area contributed by atoms with Gasteiger partial charge in [-0.05, 0) is 48.6 Å². The molecule has 3 heterocycles. The van der Waals surface area contributed by atoms with Crippen LogP contribution >= 0.6 is 0 Å². The lowest BCUT2D eigenvalue weighted by Crippen LogP contribution is -2.42. The van der Waals surface area contributed by atoms with Crippen molar-refractivity contribution >= 4 is 16.8 Å². The molecule has 0 aliphatic carbocycles. The SMILES string of the molecule is Cc1ccc(Cc2ccc([C@@H]3CN(C(=O)CCc4c[nH]c5ccccc45)CCO3)nc2)cc1. The normalized spacial score (nSPS) is 16.3. The van der Waals surface area contributed by atoms with Crippen LogP contribution in [0.2, 0.25) is 0 Å². The number of aryl methyl sites for hydroxylation is 2. The number of aromatic amines is 1. The van der Waals surface area contributed by atoms with Crippen molar-refractivity contribution in [2.24, 2.45) is 0 Å². The largest absolute Gasteiger partial charge is 0.368 e. The van der Waals surface area contributed by atoms with Gasteiger partial charge in [-0.3, -0.25) is 9.78 Å². The second-order valence-corrected chi connectivity index (χ2v) is 8.81. The van der Waals surface area contributed by atoms with Gasteiger partial charge in [-0.15, -0.1) is 0 Å². The summed E-state index contributed by atoms with van der Waals surface area (Å²) in [4.78, 5) is 22.8. The lowest BCUT2D eigenvalue weighted by atomic mass is 10.0. The van der Waals surface area contributed by atoms with Crippen LogP contribution in [0.3, 0.4) is 0 Å². The minimum atomic E-state index is -0.177. The molecular weight excluding hydrogens is 410 g/mol. The average molecular weight is 440 g/mol. The number of amides is 1. The van der Waals surface area contributed by atoms with E-state index in [0.717, 1.165) is 24.1 Å². The van der Waals surface area contributed by atoms with E-state index in [9.17, 15) is 4.79 Å². The van der Waals surface area contributed by atoms with E-state index in [1.165, 1.54) is 27.6 Å². The molecule has 1 aliphatic rings. The summed E-state index contributed by atoms with van der Waals surface area (Å²) in [5.41, 5.74) is 6.90. The van der Waals surface area contributed by atoms with Crippen molar-refractivity contribution in [3.05, 3.63) is 101 Å². The molecule has 0 radical (unpaired) electrons. The molecule has 33 heavy (non-hydrogen) atoms. The first-order valence-corrected chi connectivity index (χ1v) is 11.6. The maximum atomic E-state index is 12.9. The fraction of sp³-hybridized carbons (Fsp3) is 0.286. The predicted molar refractivity (Wildman–Crippen MR) is 130 cm³/mol. The standard InChI is InChI=1S/C28H29N3O2/c1-20-6-8-21(9-7-20)16-22-10-12-26(29-17-22)27-19-31(14-15-33-27)28(32)13-11-23-18-30-25-5-3-2-4-24(23)25/h2-10,12,17-18,27,30H,11,13-16,19H2,1H3/t27-/m0/s1. The predicted octanol–water partition coefficient (Wildman–Crippen LogP) is 4.99. The van der Waals surface area contributed by atoms with E-state index >= 15 is 0 Å². The zero-order chi connectivity index (χ0) is 22.6. The molecule has 1 fully saturated rings. The fourth-order valence-corrected chi connectivity index (χ4v) is 4.47. The number of morpholine rings is 1. The zero-order valence-electron chi connectivity index (χ0n) is 19.0. The monoisotopic (exact) mass is 439 g/mol. The first-order chi connectivity index (χ1) is 16.2. The Morgan fingerprint density at radius 2 is 1.91 bits per heavy atom. The van der Waals surface area contributed by atoms with Gasteiger partial charge in [0.1, 0.15) is 6.10 Å². The number of carbonyl (C=O) groups excluding carboxylic acids is 1. The van der Waals surface area contributed by atoms with Gasteiger partial charge >= 0.3 is 0 Å². The lowest BCUT2D eigenvalue weighted by Gasteiger charge is -2.32. The Bertz CT molecular complexity index is 1230. The number of aromatic nitrogens is 2. The van der Waals surface area contributed by atoms with Gasteiger partial charge in [-0.25, -0.2) is 0 Å². The number of para-hydroxylation sites is 1. The van der Waals surface area contributed by atoms with E-state index in [0.29, 0.717) is 26.1 Å². The molecule has 0 bridgehead atoms. The smallest absolute Gasteiger partial charge is 0.223 e. The molecule has 1 saturated heterocycles. The summed E-state index contributed by atoms with van der Waals surface area (Å²) >= 11 is 0. The van der Waals surface area contributed by atoms with E-state index in [1.54, 1.807) is 0 Å². The molecular formula is C28H29N3O2. The third kappa shape index (κ3) is 4.99. The quantitative estimate of drug-likeness (QED) is 0.460. The van der Waals surface area contributed by atoms with Crippen molar-refractivity contribution in [3.63, 3.8) is 0 Å². The molecule has 1 amide bonds. The summed E-state index contributed by atoms with van der Waals surface area (Å²) in [5, 5.41) is 1.19. The summed E-state index contributed by atoms with van der Waals surface area (Å²) in [7, 11) is 0. The Kier molecular flexibility index (Phi) is 6.22. The van der Waals surface area contributed by atoms with Crippen molar-refractivity contribution in [2.75, 3.05) is 19.7 Å². The van der Waals surface area contributed by atoms with Gasteiger partial charge in [0, 0.05) is 36.3 Å². The molecule has 1 N–H and O–H groups in total. The number of benzene rings is 2. The van der Waals surface area contributed by atoms with Crippen LogP contribution in [0.5, 0.6) is 0 Å². The van der Waals surface area contributed by atoms with Gasteiger partial charge in [0.05, 0.1) is 18.8 Å². The van der Waals surface area contributed by atoms with Gasteiger partial charge in [0.25, 0.3) is 0 Å². The van der Waals surface area contributed by atoms with Gasteiger partial charge in [-0.2, -0.15) is 0 Å². The van der Waals surface area contributed by atoms with Gasteiger partial charge in [-0.1, -0.05) is 54.1 Å². The third-order valence-corrected chi connectivity index (χ3v) is 6.41. The number of rotatable bonds is 6. The molecule has 2 aromatic heterocycles. The van der Waals surface area contributed by atoms with E-state index < -0.39 is 0 Å². The second-order valence-electron chi connectivity index (χ2n) is 8.81. The lowest BCUT2D eigenvalue weighted by molar-refractivity contribution is -0.139. The molecule has 5 nitrogen and oxygen atoms in total. The number of fused-ring (bicyclic) bond motifs is 1. The molecule has 168 valence electrons. The van der Waals surface area contributed by atoms with Gasteiger partial charge in [0.2, 0.25) is 5.91 Å². The number of nitrogens with zero attached hydrogens (tertiary/aromatic N) is 2. The highest BCUT2D eigenvalue weighted by atomic mass is 16.5. The van der Waals surface area contributed by atoms with E-state index in [2.05, 4.69) is 59.4 Å². The highest BCUT2D eigenvalue weighted by Gasteiger charge is 2.26. The van der Waals surface area contributed by atoms with Crippen LogP contribution in [0, 0.1) is 6.92 Å². The topological polar surface area (TPSA) is 58.2 Å². The Labute approximate surface area is 194 Å². The number of ether oxygens (including phenoxy) is 1. The van der Waals surface area contributed by atoms with E-state index in [-0.39, 0.29) is 12.0 Å². The second kappa shape index (κ2) is 9.59. The summed E-state index contributed by atoms with van der Waals surface area (Å²) < 4.78 is 5.96. The van der Waals surface area contributed by atoms with Crippen LogP contribution in [-0.4, -0.2) is 40.5 Å². The molecule has 4 aromatic rings. The van der Waals surface area contributed by atoms with E-state index in [1.807, 2.05) is 35.5 Å². The Morgan fingerprint density at radius 3 is 2.73 bits per heavy atom. The minimum absolute atomic E-state index is 0.171. The van der Waals surface area contributed by atoms with Crippen LogP contribution < -0.4 is 0 Å². The Hall–Kier alpha value is -3.44. The summed E-state index contributed by atoms with van der Waals surface area (Å²) in [6, 6.07) is 21.0. The minimum Gasteiger partial charge on any atom is -0.368 e. The molecule has 5 heteroatoms. The maximum Gasteiger partial charge on any atom is 0.223 e. The molecule has 1 aliphatic heterocycles. The molecule has 1 atom stereocenters. The van der Waals surface area contributed by atoms with Crippen molar-refractivity contribution in [3.8, 4) is 0 Å². The number of hydrogen-bond acceptors (Lipinski definition) is 3.